The van der Waals surface area contributed by atoms with E-state index in [4.69, 9.17) is 5.73 Å². The summed E-state index contributed by atoms with van der Waals surface area (Å²) in [5, 5.41) is 0. The summed E-state index contributed by atoms with van der Waals surface area (Å²) in [7, 11) is 1.62. The summed E-state index contributed by atoms with van der Waals surface area (Å²) < 4.78 is 13.3. The Bertz CT molecular complexity index is 354. The van der Waals surface area contributed by atoms with E-state index in [0.717, 1.165) is 0 Å². The van der Waals surface area contributed by atoms with E-state index in [1.807, 2.05) is 6.92 Å². The molecule has 0 aliphatic rings. The van der Waals surface area contributed by atoms with Gasteiger partial charge < -0.3 is 10.6 Å². The Morgan fingerprint density at radius 1 is 1.53 bits per heavy atom. The number of rotatable bonds is 3. The SMILES string of the molecule is CC(CN)N(C)C(=O)c1ccccc1F. The Kier molecular flexibility index (Phi) is 3.80. The summed E-state index contributed by atoms with van der Waals surface area (Å²) in [6.07, 6.45) is 0. The lowest BCUT2D eigenvalue weighted by molar-refractivity contribution is 0.0743. The number of amides is 1. The molecule has 0 radical (unpaired) electrons. The van der Waals surface area contributed by atoms with Crippen molar-refractivity contribution in [2.75, 3.05) is 13.6 Å². The van der Waals surface area contributed by atoms with E-state index in [9.17, 15) is 9.18 Å². The largest absolute Gasteiger partial charge is 0.338 e. The maximum absolute atomic E-state index is 13.3. The molecule has 0 aromatic heterocycles. The van der Waals surface area contributed by atoms with Crippen LogP contribution in [0.25, 0.3) is 0 Å². The zero-order chi connectivity index (χ0) is 11.4. The van der Waals surface area contributed by atoms with Gasteiger partial charge in [0.15, 0.2) is 0 Å². The number of nitrogens with two attached hydrogens (primary N) is 1. The molecule has 1 atom stereocenters. The van der Waals surface area contributed by atoms with Crippen LogP contribution in [0.15, 0.2) is 24.3 Å². The predicted molar refractivity (Wildman–Crippen MR) is 57.0 cm³/mol. The van der Waals surface area contributed by atoms with Crippen molar-refractivity contribution in [3.63, 3.8) is 0 Å². The van der Waals surface area contributed by atoms with Gasteiger partial charge in [0, 0.05) is 19.6 Å². The van der Waals surface area contributed by atoms with Crippen LogP contribution in [0, 0.1) is 5.82 Å². The third-order valence-electron chi connectivity index (χ3n) is 2.43. The Morgan fingerprint density at radius 2 is 2.13 bits per heavy atom. The third-order valence-corrected chi connectivity index (χ3v) is 2.43. The van der Waals surface area contributed by atoms with Crippen LogP contribution in [0.1, 0.15) is 17.3 Å². The second-order valence-corrected chi connectivity index (χ2v) is 3.48. The van der Waals surface area contributed by atoms with E-state index in [0.29, 0.717) is 6.54 Å². The van der Waals surface area contributed by atoms with Gasteiger partial charge >= 0.3 is 0 Å². The average molecular weight is 210 g/mol. The van der Waals surface area contributed by atoms with Gasteiger partial charge in [-0.25, -0.2) is 4.39 Å². The van der Waals surface area contributed by atoms with Crippen LogP contribution in [-0.2, 0) is 0 Å². The maximum Gasteiger partial charge on any atom is 0.256 e. The van der Waals surface area contributed by atoms with Gasteiger partial charge in [-0.15, -0.1) is 0 Å². The van der Waals surface area contributed by atoms with Gasteiger partial charge in [0.05, 0.1) is 5.56 Å². The molecule has 0 heterocycles. The Hall–Kier alpha value is -1.42. The number of likely N-dealkylation sites (N-methyl/N-ethyl adjacent to an activating group) is 1. The third kappa shape index (κ3) is 2.53. The van der Waals surface area contributed by atoms with Crippen LogP contribution >= 0.6 is 0 Å². The Labute approximate surface area is 88.7 Å². The molecule has 0 fully saturated rings. The van der Waals surface area contributed by atoms with Gasteiger partial charge in [-0.2, -0.15) is 0 Å². The number of benzene rings is 1. The number of carbonyl (C=O) groups is 1. The first kappa shape index (κ1) is 11.7. The average Bonchev–Trinajstić information content (AvgIpc) is 2.26. The molecule has 15 heavy (non-hydrogen) atoms. The van der Waals surface area contributed by atoms with Crippen molar-refractivity contribution in [2.24, 2.45) is 5.73 Å². The summed E-state index contributed by atoms with van der Waals surface area (Å²) in [6.45, 7) is 2.18. The molecule has 0 saturated carbocycles. The van der Waals surface area contributed by atoms with Gasteiger partial charge in [-0.05, 0) is 19.1 Å². The quantitative estimate of drug-likeness (QED) is 0.816. The highest BCUT2D eigenvalue weighted by Crippen LogP contribution is 2.10. The van der Waals surface area contributed by atoms with Crippen LogP contribution in [0.5, 0.6) is 0 Å². The highest BCUT2D eigenvalue weighted by Gasteiger charge is 2.18. The first-order valence-electron chi connectivity index (χ1n) is 4.79. The smallest absolute Gasteiger partial charge is 0.256 e. The molecule has 3 nitrogen and oxygen atoms in total. The van der Waals surface area contributed by atoms with E-state index in [2.05, 4.69) is 0 Å². The Balaban J connectivity index is 2.90. The molecule has 0 saturated heterocycles. The minimum absolute atomic E-state index is 0.0836. The van der Waals surface area contributed by atoms with Gasteiger partial charge in [-0.1, -0.05) is 12.1 Å². The van der Waals surface area contributed by atoms with Crippen molar-refractivity contribution in [3.05, 3.63) is 35.6 Å². The molecule has 2 N–H and O–H groups in total. The maximum atomic E-state index is 13.3. The van der Waals surface area contributed by atoms with Gasteiger partial charge in [0.25, 0.3) is 5.91 Å². The first-order valence-corrected chi connectivity index (χ1v) is 4.79. The van der Waals surface area contributed by atoms with E-state index >= 15 is 0 Å². The van der Waals surface area contributed by atoms with Gasteiger partial charge in [0.1, 0.15) is 5.82 Å². The fourth-order valence-electron chi connectivity index (χ4n) is 1.18. The lowest BCUT2D eigenvalue weighted by Crippen LogP contribution is -2.40. The molecule has 4 heteroatoms. The normalized spacial score (nSPS) is 12.3. The van der Waals surface area contributed by atoms with Crippen molar-refractivity contribution in [3.8, 4) is 0 Å². The van der Waals surface area contributed by atoms with E-state index in [1.54, 1.807) is 19.2 Å². The summed E-state index contributed by atoms with van der Waals surface area (Å²) in [6, 6.07) is 5.83. The van der Waals surface area contributed by atoms with E-state index < -0.39 is 5.82 Å². The van der Waals surface area contributed by atoms with Crippen LogP contribution in [0.4, 0.5) is 4.39 Å². The van der Waals surface area contributed by atoms with Crippen molar-refractivity contribution in [1.82, 2.24) is 4.90 Å². The molecule has 1 amide bonds. The highest BCUT2D eigenvalue weighted by atomic mass is 19.1. The van der Waals surface area contributed by atoms with Crippen LogP contribution < -0.4 is 5.73 Å². The first-order chi connectivity index (χ1) is 7.07. The summed E-state index contributed by atoms with van der Waals surface area (Å²) in [4.78, 5) is 13.2. The summed E-state index contributed by atoms with van der Waals surface area (Å²) in [5.74, 6) is -0.843. The molecule has 0 aliphatic heterocycles. The molecular formula is C11H15FN2O. The molecular weight excluding hydrogens is 195 g/mol. The molecule has 0 spiro atoms. The fourth-order valence-corrected chi connectivity index (χ4v) is 1.18. The van der Waals surface area contributed by atoms with E-state index in [1.165, 1.54) is 17.0 Å². The zero-order valence-electron chi connectivity index (χ0n) is 8.90. The number of carbonyl (C=O) groups excluding carboxylic acids is 1. The second-order valence-electron chi connectivity index (χ2n) is 3.48. The lowest BCUT2D eigenvalue weighted by atomic mass is 10.1. The molecule has 0 bridgehead atoms. The van der Waals surface area contributed by atoms with Gasteiger partial charge in [0.2, 0.25) is 0 Å². The van der Waals surface area contributed by atoms with Crippen LogP contribution in [0.3, 0.4) is 0 Å². The van der Waals surface area contributed by atoms with Crippen molar-refractivity contribution in [1.29, 1.82) is 0 Å². The predicted octanol–water partition coefficient (Wildman–Crippen LogP) is 1.24. The van der Waals surface area contributed by atoms with Crippen molar-refractivity contribution in [2.45, 2.75) is 13.0 Å². The number of hydrogen-bond donors (Lipinski definition) is 1. The minimum atomic E-state index is -0.501. The molecule has 1 aromatic rings. The number of hydrogen-bond acceptors (Lipinski definition) is 2. The highest BCUT2D eigenvalue weighted by molar-refractivity contribution is 5.94. The zero-order valence-corrected chi connectivity index (χ0v) is 8.90. The van der Waals surface area contributed by atoms with Crippen LogP contribution in [0.2, 0.25) is 0 Å². The van der Waals surface area contributed by atoms with Crippen molar-refractivity contribution < 1.29 is 9.18 Å². The second kappa shape index (κ2) is 4.89. The minimum Gasteiger partial charge on any atom is -0.338 e. The molecule has 1 aromatic carbocycles. The molecule has 0 aliphatic carbocycles. The molecule has 82 valence electrons. The summed E-state index contributed by atoms with van der Waals surface area (Å²) >= 11 is 0. The Morgan fingerprint density at radius 3 is 2.67 bits per heavy atom. The fraction of sp³-hybridized carbons (Fsp3) is 0.364. The molecule has 1 rings (SSSR count). The number of nitrogens with zero attached hydrogens (tertiary/aromatic N) is 1. The lowest BCUT2D eigenvalue weighted by Gasteiger charge is -2.23. The van der Waals surface area contributed by atoms with E-state index in [-0.39, 0.29) is 17.5 Å². The monoisotopic (exact) mass is 210 g/mol. The topological polar surface area (TPSA) is 46.3 Å². The van der Waals surface area contributed by atoms with Crippen molar-refractivity contribution >= 4 is 5.91 Å². The summed E-state index contributed by atoms with van der Waals surface area (Å²) in [5.41, 5.74) is 5.52. The van der Waals surface area contributed by atoms with Crippen LogP contribution in [-0.4, -0.2) is 30.4 Å². The standard InChI is InChI=1S/C11H15FN2O/c1-8(7-13)14(2)11(15)9-5-3-4-6-10(9)12/h3-6,8H,7,13H2,1-2H3. The molecule has 1 unspecified atom stereocenters. The van der Waals surface area contributed by atoms with Gasteiger partial charge in [-0.3, -0.25) is 4.79 Å². The number of halogens is 1.